The van der Waals surface area contributed by atoms with Crippen LogP contribution in [0.4, 0.5) is 0 Å². The average Bonchev–Trinajstić information content (AvgIpc) is 3.32. The van der Waals surface area contributed by atoms with E-state index in [9.17, 15) is 4.79 Å². The first kappa shape index (κ1) is 18.2. The number of carbonyl (C=O) groups excluding carboxylic acids is 1. The van der Waals surface area contributed by atoms with Gasteiger partial charge in [-0.2, -0.15) is 0 Å². The first-order valence-corrected chi connectivity index (χ1v) is 10.5. The van der Waals surface area contributed by atoms with Crippen molar-refractivity contribution in [1.82, 2.24) is 15.5 Å². The molecule has 0 spiro atoms. The van der Waals surface area contributed by atoms with E-state index in [-0.39, 0.29) is 5.92 Å². The molecule has 1 aliphatic heterocycles. The van der Waals surface area contributed by atoms with Crippen LogP contribution in [-0.2, 0) is 11.3 Å². The van der Waals surface area contributed by atoms with E-state index in [0.717, 1.165) is 44.9 Å². The van der Waals surface area contributed by atoms with E-state index >= 15 is 0 Å². The van der Waals surface area contributed by atoms with Gasteiger partial charge in [0.2, 0.25) is 5.91 Å². The van der Waals surface area contributed by atoms with Crippen molar-refractivity contribution in [2.24, 2.45) is 10.9 Å². The van der Waals surface area contributed by atoms with Crippen molar-refractivity contribution in [3.8, 4) is 0 Å². The molecule has 1 saturated heterocycles. The number of guanidine groups is 1. The highest BCUT2D eigenvalue weighted by Crippen LogP contribution is 2.26. The van der Waals surface area contributed by atoms with Crippen LogP contribution in [0, 0.1) is 5.92 Å². The molecule has 0 bridgehead atoms. The van der Waals surface area contributed by atoms with Crippen LogP contribution in [0.1, 0.15) is 50.3 Å². The molecule has 0 aromatic carbocycles. The Morgan fingerprint density at radius 2 is 2.16 bits per heavy atom. The molecule has 1 unspecified atom stereocenters. The van der Waals surface area contributed by atoms with E-state index in [1.54, 1.807) is 11.3 Å². The normalized spacial score (nSPS) is 22.2. The Morgan fingerprint density at radius 3 is 2.88 bits per heavy atom. The highest BCUT2D eigenvalue weighted by molar-refractivity contribution is 7.09. The van der Waals surface area contributed by atoms with Crippen LogP contribution in [0.25, 0.3) is 0 Å². The van der Waals surface area contributed by atoms with Crippen LogP contribution >= 0.6 is 11.3 Å². The van der Waals surface area contributed by atoms with E-state index in [1.807, 2.05) is 0 Å². The Morgan fingerprint density at radius 1 is 1.32 bits per heavy atom. The van der Waals surface area contributed by atoms with Crippen molar-refractivity contribution in [3.05, 3.63) is 22.4 Å². The zero-order chi connectivity index (χ0) is 17.5. The van der Waals surface area contributed by atoms with Gasteiger partial charge in [0.1, 0.15) is 0 Å². The average molecular weight is 363 g/mol. The van der Waals surface area contributed by atoms with Crippen molar-refractivity contribution in [3.63, 3.8) is 0 Å². The van der Waals surface area contributed by atoms with Gasteiger partial charge in [0.15, 0.2) is 5.96 Å². The summed E-state index contributed by atoms with van der Waals surface area (Å²) in [5.74, 6) is 1.51. The smallest absolute Gasteiger partial charge is 0.225 e. The molecule has 1 aromatic heterocycles. The topological polar surface area (TPSA) is 56.7 Å². The number of rotatable bonds is 5. The SMILES string of the molecule is CCNC(=NCc1cccs1)NC1CCN(C(=O)C2CCCCC2)C1. The highest BCUT2D eigenvalue weighted by Gasteiger charge is 2.31. The molecule has 2 heterocycles. The van der Waals surface area contributed by atoms with Crippen LogP contribution in [0.2, 0.25) is 0 Å². The van der Waals surface area contributed by atoms with E-state index in [2.05, 4.69) is 45.0 Å². The fourth-order valence-electron chi connectivity index (χ4n) is 3.76. The Balaban J connectivity index is 1.51. The van der Waals surface area contributed by atoms with Crippen LogP contribution in [0.15, 0.2) is 22.5 Å². The van der Waals surface area contributed by atoms with Crippen molar-refractivity contribution in [1.29, 1.82) is 0 Å². The molecule has 6 heteroatoms. The lowest BCUT2D eigenvalue weighted by Crippen LogP contribution is -2.45. The zero-order valence-electron chi connectivity index (χ0n) is 15.2. The van der Waals surface area contributed by atoms with Gasteiger partial charge in [0.25, 0.3) is 0 Å². The van der Waals surface area contributed by atoms with Crippen molar-refractivity contribution in [2.75, 3.05) is 19.6 Å². The van der Waals surface area contributed by atoms with Gasteiger partial charge in [-0.3, -0.25) is 4.79 Å². The molecule has 1 atom stereocenters. The third-order valence-corrected chi connectivity index (χ3v) is 5.97. The van der Waals surface area contributed by atoms with Crippen LogP contribution in [0.3, 0.4) is 0 Å². The summed E-state index contributed by atoms with van der Waals surface area (Å²) in [6.45, 7) is 5.30. The lowest BCUT2D eigenvalue weighted by molar-refractivity contribution is -0.135. The molecule has 2 fully saturated rings. The number of aliphatic imine (C=N–C) groups is 1. The summed E-state index contributed by atoms with van der Waals surface area (Å²) in [6, 6.07) is 4.47. The van der Waals surface area contributed by atoms with E-state index < -0.39 is 0 Å². The van der Waals surface area contributed by atoms with Crippen LogP contribution < -0.4 is 10.6 Å². The predicted molar refractivity (Wildman–Crippen MR) is 104 cm³/mol. The maximum absolute atomic E-state index is 12.7. The molecule has 138 valence electrons. The molecule has 1 saturated carbocycles. The molecular weight excluding hydrogens is 332 g/mol. The molecule has 5 nitrogen and oxygen atoms in total. The number of nitrogens with one attached hydrogen (secondary N) is 2. The van der Waals surface area contributed by atoms with Gasteiger partial charge in [0, 0.05) is 36.5 Å². The highest BCUT2D eigenvalue weighted by atomic mass is 32.1. The van der Waals surface area contributed by atoms with Gasteiger partial charge < -0.3 is 15.5 Å². The first-order chi connectivity index (χ1) is 12.3. The minimum atomic E-state index is 0.272. The van der Waals surface area contributed by atoms with Gasteiger partial charge in [0.05, 0.1) is 6.54 Å². The Labute approximate surface area is 154 Å². The van der Waals surface area contributed by atoms with Gasteiger partial charge in [-0.15, -0.1) is 11.3 Å². The predicted octanol–water partition coefficient (Wildman–Crippen LogP) is 2.98. The number of amides is 1. The minimum absolute atomic E-state index is 0.272. The van der Waals surface area contributed by atoms with Gasteiger partial charge in [-0.25, -0.2) is 4.99 Å². The molecule has 2 N–H and O–H groups in total. The molecule has 1 aromatic rings. The Kier molecular flexibility index (Phi) is 6.73. The quantitative estimate of drug-likeness (QED) is 0.625. The summed E-state index contributed by atoms with van der Waals surface area (Å²) in [7, 11) is 0. The molecule has 1 amide bonds. The molecular formula is C19H30N4OS. The monoisotopic (exact) mass is 362 g/mol. The van der Waals surface area contributed by atoms with Gasteiger partial charge >= 0.3 is 0 Å². The first-order valence-electron chi connectivity index (χ1n) is 9.62. The number of hydrogen-bond donors (Lipinski definition) is 2. The van der Waals surface area contributed by atoms with Crippen molar-refractivity contribution < 1.29 is 4.79 Å². The second-order valence-corrected chi connectivity index (χ2v) is 8.06. The Hall–Kier alpha value is -1.56. The molecule has 3 rings (SSSR count). The third kappa shape index (κ3) is 5.21. The zero-order valence-corrected chi connectivity index (χ0v) is 16.0. The summed E-state index contributed by atoms with van der Waals surface area (Å²) >= 11 is 1.73. The maximum atomic E-state index is 12.7. The molecule has 0 radical (unpaired) electrons. The second kappa shape index (κ2) is 9.22. The summed E-state index contributed by atoms with van der Waals surface area (Å²) < 4.78 is 0. The molecule has 2 aliphatic rings. The van der Waals surface area contributed by atoms with E-state index in [0.29, 0.717) is 18.5 Å². The van der Waals surface area contributed by atoms with E-state index in [1.165, 1.54) is 24.1 Å². The minimum Gasteiger partial charge on any atom is -0.357 e. The fraction of sp³-hybridized carbons (Fsp3) is 0.684. The summed E-state index contributed by atoms with van der Waals surface area (Å²) in [5, 5.41) is 8.92. The lowest BCUT2D eigenvalue weighted by atomic mass is 9.88. The van der Waals surface area contributed by atoms with Gasteiger partial charge in [-0.1, -0.05) is 25.3 Å². The largest absolute Gasteiger partial charge is 0.357 e. The lowest BCUT2D eigenvalue weighted by Gasteiger charge is -2.26. The maximum Gasteiger partial charge on any atom is 0.225 e. The number of thiophene rings is 1. The fourth-order valence-corrected chi connectivity index (χ4v) is 4.39. The summed E-state index contributed by atoms with van der Waals surface area (Å²) in [5.41, 5.74) is 0. The van der Waals surface area contributed by atoms with Crippen LogP contribution in [-0.4, -0.2) is 42.4 Å². The van der Waals surface area contributed by atoms with E-state index in [4.69, 9.17) is 0 Å². The second-order valence-electron chi connectivity index (χ2n) is 7.02. The van der Waals surface area contributed by atoms with Crippen molar-refractivity contribution in [2.45, 2.75) is 58.0 Å². The number of nitrogens with zero attached hydrogens (tertiary/aromatic N) is 2. The number of likely N-dealkylation sites (tertiary alicyclic amines) is 1. The summed E-state index contributed by atoms with van der Waals surface area (Å²) in [6.07, 6.45) is 6.89. The third-order valence-electron chi connectivity index (χ3n) is 5.11. The van der Waals surface area contributed by atoms with Crippen molar-refractivity contribution >= 4 is 23.2 Å². The molecule has 25 heavy (non-hydrogen) atoms. The number of carbonyl (C=O) groups is 1. The molecule has 1 aliphatic carbocycles. The number of hydrogen-bond acceptors (Lipinski definition) is 3. The van der Waals surface area contributed by atoms with Gasteiger partial charge in [-0.05, 0) is 37.6 Å². The standard InChI is InChI=1S/C19H30N4OS/c1-2-20-19(21-13-17-9-6-12-25-17)22-16-10-11-23(14-16)18(24)15-7-4-3-5-8-15/h6,9,12,15-16H,2-5,7-8,10-11,13-14H2,1H3,(H2,20,21,22). The summed E-state index contributed by atoms with van der Waals surface area (Å²) in [4.78, 5) is 20.7. The Bertz CT molecular complexity index is 566. The van der Waals surface area contributed by atoms with Crippen LogP contribution in [0.5, 0.6) is 0 Å².